The van der Waals surface area contributed by atoms with Crippen molar-refractivity contribution in [3.05, 3.63) is 52.3 Å². The summed E-state index contributed by atoms with van der Waals surface area (Å²) >= 11 is 0. The van der Waals surface area contributed by atoms with Crippen molar-refractivity contribution in [1.82, 2.24) is 20.4 Å². The third-order valence-electron chi connectivity index (χ3n) is 4.04. The molecule has 0 saturated carbocycles. The zero-order chi connectivity index (χ0) is 16.8. The van der Waals surface area contributed by atoms with Crippen LogP contribution in [0.5, 0.6) is 0 Å². The molecule has 23 heavy (non-hydrogen) atoms. The van der Waals surface area contributed by atoms with E-state index in [4.69, 9.17) is 0 Å². The van der Waals surface area contributed by atoms with Gasteiger partial charge in [0.2, 0.25) is 0 Å². The highest BCUT2D eigenvalue weighted by atomic mass is 16.2. The highest BCUT2D eigenvalue weighted by Crippen LogP contribution is 2.12. The molecule has 0 aliphatic rings. The summed E-state index contributed by atoms with van der Waals surface area (Å²) in [6, 6.07) is 8.21. The Hall–Kier alpha value is -2.30. The summed E-state index contributed by atoms with van der Waals surface area (Å²) in [4.78, 5) is 11.9. The Morgan fingerprint density at radius 2 is 2.00 bits per heavy atom. The summed E-state index contributed by atoms with van der Waals surface area (Å²) in [6.07, 6.45) is 0.834. The van der Waals surface area contributed by atoms with Gasteiger partial charge in [0, 0.05) is 30.9 Å². The third kappa shape index (κ3) is 4.58. The van der Waals surface area contributed by atoms with Crippen LogP contribution in [-0.4, -0.2) is 22.4 Å². The van der Waals surface area contributed by atoms with Gasteiger partial charge in [-0.05, 0) is 39.7 Å². The van der Waals surface area contributed by atoms with Crippen molar-refractivity contribution < 1.29 is 4.79 Å². The second-order valence-electron chi connectivity index (χ2n) is 5.81. The Morgan fingerprint density at radius 3 is 2.65 bits per heavy atom. The van der Waals surface area contributed by atoms with Crippen molar-refractivity contribution in [1.29, 1.82) is 0 Å². The van der Waals surface area contributed by atoms with Crippen molar-refractivity contribution in [2.24, 2.45) is 0 Å². The van der Waals surface area contributed by atoms with E-state index in [1.54, 1.807) is 0 Å². The smallest absolute Gasteiger partial charge is 0.315 e. The van der Waals surface area contributed by atoms with Gasteiger partial charge in [0.15, 0.2) is 0 Å². The Bertz CT molecular complexity index is 676. The van der Waals surface area contributed by atoms with Crippen LogP contribution in [0.1, 0.15) is 35.0 Å². The molecule has 0 saturated heterocycles. The van der Waals surface area contributed by atoms with E-state index in [0.29, 0.717) is 13.1 Å². The highest BCUT2D eigenvalue weighted by Gasteiger charge is 2.11. The number of nitrogens with one attached hydrogen (secondary N) is 2. The number of aromatic nitrogens is 2. The molecule has 2 amide bonds. The monoisotopic (exact) mass is 314 g/mol. The largest absolute Gasteiger partial charge is 0.338 e. The molecular formula is C18H26N4O. The van der Waals surface area contributed by atoms with Gasteiger partial charge >= 0.3 is 6.03 Å². The minimum Gasteiger partial charge on any atom is -0.338 e. The molecule has 2 aromatic rings. The van der Waals surface area contributed by atoms with Crippen LogP contribution >= 0.6 is 0 Å². The van der Waals surface area contributed by atoms with E-state index in [0.717, 1.165) is 29.9 Å². The molecule has 0 aliphatic carbocycles. The van der Waals surface area contributed by atoms with Crippen LogP contribution in [0.25, 0.3) is 0 Å². The fourth-order valence-corrected chi connectivity index (χ4v) is 2.72. The van der Waals surface area contributed by atoms with Gasteiger partial charge < -0.3 is 10.6 Å². The molecule has 0 aliphatic heterocycles. The first-order valence-corrected chi connectivity index (χ1v) is 8.11. The molecule has 5 heteroatoms. The van der Waals surface area contributed by atoms with Gasteiger partial charge in [-0.2, -0.15) is 5.10 Å². The number of rotatable bonds is 6. The van der Waals surface area contributed by atoms with Crippen LogP contribution in [0.4, 0.5) is 4.79 Å². The molecule has 2 N–H and O–H groups in total. The van der Waals surface area contributed by atoms with E-state index in [9.17, 15) is 4.79 Å². The highest BCUT2D eigenvalue weighted by molar-refractivity contribution is 5.73. The Labute approximate surface area is 138 Å². The number of benzene rings is 1. The normalized spacial score (nSPS) is 10.6. The van der Waals surface area contributed by atoms with E-state index >= 15 is 0 Å². The summed E-state index contributed by atoms with van der Waals surface area (Å²) in [5, 5.41) is 10.3. The number of hydrogen-bond acceptors (Lipinski definition) is 2. The van der Waals surface area contributed by atoms with Gasteiger partial charge in [-0.3, -0.25) is 4.68 Å². The lowest BCUT2D eigenvalue weighted by Gasteiger charge is -2.08. The predicted octanol–water partition coefficient (Wildman–Crippen LogP) is 2.87. The van der Waals surface area contributed by atoms with E-state index in [-0.39, 0.29) is 6.03 Å². The molecule has 2 rings (SSSR count). The molecule has 124 valence electrons. The molecule has 0 atom stereocenters. The van der Waals surface area contributed by atoms with Crippen LogP contribution in [-0.2, 0) is 19.5 Å². The second-order valence-corrected chi connectivity index (χ2v) is 5.81. The topological polar surface area (TPSA) is 59.0 Å². The Morgan fingerprint density at radius 1 is 1.22 bits per heavy atom. The van der Waals surface area contributed by atoms with Crippen LogP contribution in [0.3, 0.4) is 0 Å². The first-order chi connectivity index (χ1) is 11.0. The van der Waals surface area contributed by atoms with E-state index in [1.165, 1.54) is 11.1 Å². The maximum atomic E-state index is 11.9. The van der Waals surface area contributed by atoms with Crippen molar-refractivity contribution in [3.63, 3.8) is 0 Å². The number of carbonyl (C=O) groups excluding carboxylic acids is 1. The zero-order valence-electron chi connectivity index (χ0n) is 14.4. The van der Waals surface area contributed by atoms with Crippen LogP contribution in [0, 0.1) is 20.8 Å². The number of carbonyl (C=O) groups is 1. The maximum absolute atomic E-state index is 11.9. The van der Waals surface area contributed by atoms with Gasteiger partial charge in [0.05, 0.1) is 5.69 Å². The standard InChI is InChI=1S/C18H26N4O/c1-5-22-15(4)17(14(3)21-22)12-20-18(23)19-10-9-16-8-6-7-13(2)11-16/h6-8,11H,5,9-10,12H2,1-4H3,(H2,19,20,23). The van der Waals surface area contributed by atoms with Crippen LogP contribution in [0.15, 0.2) is 24.3 Å². The molecule has 5 nitrogen and oxygen atoms in total. The molecule has 1 aromatic carbocycles. The summed E-state index contributed by atoms with van der Waals surface area (Å²) < 4.78 is 1.96. The summed E-state index contributed by atoms with van der Waals surface area (Å²) in [6.45, 7) is 10.1. The molecule has 1 heterocycles. The molecule has 0 bridgehead atoms. The molecular weight excluding hydrogens is 288 g/mol. The van der Waals surface area contributed by atoms with Gasteiger partial charge in [-0.1, -0.05) is 29.8 Å². The van der Waals surface area contributed by atoms with Crippen LogP contribution in [0.2, 0.25) is 0 Å². The first-order valence-electron chi connectivity index (χ1n) is 8.11. The lowest BCUT2D eigenvalue weighted by Crippen LogP contribution is -2.36. The van der Waals surface area contributed by atoms with Crippen molar-refractivity contribution >= 4 is 6.03 Å². The first kappa shape index (κ1) is 17.1. The third-order valence-corrected chi connectivity index (χ3v) is 4.04. The molecule has 0 fully saturated rings. The number of urea groups is 1. The zero-order valence-corrected chi connectivity index (χ0v) is 14.4. The lowest BCUT2D eigenvalue weighted by atomic mass is 10.1. The summed E-state index contributed by atoms with van der Waals surface area (Å²) in [7, 11) is 0. The minimum atomic E-state index is -0.138. The minimum absolute atomic E-state index is 0.138. The quantitative estimate of drug-likeness (QED) is 0.861. The van der Waals surface area contributed by atoms with E-state index in [1.807, 2.05) is 24.6 Å². The van der Waals surface area contributed by atoms with Gasteiger partial charge in [-0.15, -0.1) is 0 Å². The Kier molecular flexibility index (Phi) is 5.79. The summed E-state index contributed by atoms with van der Waals surface area (Å²) in [5.41, 5.74) is 5.67. The van der Waals surface area contributed by atoms with Gasteiger partial charge in [-0.25, -0.2) is 4.79 Å². The molecule has 0 spiro atoms. The SMILES string of the molecule is CCn1nc(C)c(CNC(=O)NCCc2cccc(C)c2)c1C. The lowest BCUT2D eigenvalue weighted by molar-refractivity contribution is 0.240. The molecule has 1 aromatic heterocycles. The summed E-state index contributed by atoms with van der Waals surface area (Å²) in [5.74, 6) is 0. The number of nitrogens with zero attached hydrogens (tertiary/aromatic N) is 2. The number of amides is 2. The van der Waals surface area contributed by atoms with E-state index in [2.05, 4.69) is 47.8 Å². The predicted molar refractivity (Wildman–Crippen MR) is 92.5 cm³/mol. The average Bonchev–Trinajstić information content (AvgIpc) is 2.79. The number of aryl methyl sites for hydroxylation is 3. The van der Waals surface area contributed by atoms with E-state index < -0.39 is 0 Å². The number of hydrogen-bond donors (Lipinski definition) is 2. The molecule has 0 radical (unpaired) electrons. The maximum Gasteiger partial charge on any atom is 0.315 e. The van der Waals surface area contributed by atoms with Gasteiger partial charge in [0.25, 0.3) is 0 Å². The second kappa shape index (κ2) is 7.81. The Balaban J connectivity index is 1.78. The fourth-order valence-electron chi connectivity index (χ4n) is 2.72. The van der Waals surface area contributed by atoms with Crippen molar-refractivity contribution in [2.75, 3.05) is 6.54 Å². The fraction of sp³-hybridized carbons (Fsp3) is 0.444. The molecule has 0 unspecified atom stereocenters. The van der Waals surface area contributed by atoms with Crippen molar-refractivity contribution in [2.45, 2.75) is 47.2 Å². The van der Waals surface area contributed by atoms with Crippen LogP contribution < -0.4 is 10.6 Å². The van der Waals surface area contributed by atoms with Crippen molar-refractivity contribution in [3.8, 4) is 0 Å². The average molecular weight is 314 g/mol. The van der Waals surface area contributed by atoms with Gasteiger partial charge in [0.1, 0.15) is 0 Å².